The van der Waals surface area contributed by atoms with E-state index in [1.54, 1.807) is 6.20 Å². The molecule has 28 heavy (non-hydrogen) atoms. The second-order valence-corrected chi connectivity index (χ2v) is 7.01. The number of piperidine rings is 1. The van der Waals surface area contributed by atoms with Crippen molar-refractivity contribution in [2.75, 3.05) is 31.6 Å². The molecule has 1 fully saturated rings. The van der Waals surface area contributed by atoms with Gasteiger partial charge in [-0.2, -0.15) is 0 Å². The van der Waals surface area contributed by atoms with E-state index in [0.29, 0.717) is 18.3 Å². The Kier molecular flexibility index (Phi) is 5.68. The van der Waals surface area contributed by atoms with Gasteiger partial charge < -0.3 is 20.5 Å². The number of fused-ring (bicyclic) bond motifs is 1. The Balaban J connectivity index is 1.69. The van der Waals surface area contributed by atoms with Crippen LogP contribution < -0.4 is 15.4 Å². The van der Waals surface area contributed by atoms with Crippen LogP contribution in [0.2, 0.25) is 0 Å². The van der Waals surface area contributed by atoms with Gasteiger partial charge >= 0.3 is 0 Å². The average molecular weight is 382 g/mol. The highest BCUT2D eigenvalue weighted by atomic mass is 16.5. The van der Waals surface area contributed by atoms with Gasteiger partial charge in [-0.25, -0.2) is 9.97 Å². The van der Waals surface area contributed by atoms with Crippen molar-refractivity contribution < 1.29 is 9.84 Å². The average Bonchev–Trinajstić information content (AvgIpc) is 3.05. The molecule has 1 saturated heterocycles. The molecule has 0 saturated carbocycles. The third kappa shape index (κ3) is 4.07. The van der Waals surface area contributed by atoms with Crippen LogP contribution in [-0.2, 0) is 6.54 Å². The van der Waals surface area contributed by atoms with Gasteiger partial charge in [-0.15, -0.1) is 0 Å². The minimum absolute atomic E-state index is 0.0363. The van der Waals surface area contributed by atoms with Gasteiger partial charge in [0.15, 0.2) is 5.65 Å². The van der Waals surface area contributed by atoms with Gasteiger partial charge in [0.2, 0.25) is 5.95 Å². The Hall–Kier alpha value is -2.71. The maximum absolute atomic E-state index is 9.11. The van der Waals surface area contributed by atoms with Crippen LogP contribution in [0, 0.1) is 6.92 Å². The number of nitrogens with one attached hydrogen (secondary N) is 2. The van der Waals surface area contributed by atoms with Crippen LogP contribution in [0.25, 0.3) is 11.2 Å². The van der Waals surface area contributed by atoms with Crippen molar-refractivity contribution in [3.8, 4) is 5.75 Å². The topological polar surface area (TPSA) is 97.1 Å². The first kappa shape index (κ1) is 18.6. The SMILES string of the molecule is Cc1ccc(OCCO)c(Cn2c(NC3CCNCC3)nc3cccnc32)n1. The zero-order valence-corrected chi connectivity index (χ0v) is 16.1. The predicted molar refractivity (Wildman–Crippen MR) is 108 cm³/mol. The maximum atomic E-state index is 9.11. The highest BCUT2D eigenvalue weighted by Crippen LogP contribution is 2.24. The van der Waals surface area contributed by atoms with E-state index in [1.165, 1.54) is 0 Å². The molecule has 0 amide bonds. The Morgan fingerprint density at radius 3 is 2.93 bits per heavy atom. The quantitative estimate of drug-likeness (QED) is 0.572. The van der Waals surface area contributed by atoms with Crippen molar-refractivity contribution in [1.29, 1.82) is 0 Å². The fourth-order valence-electron chi connectivity index (χ4n) is 3.52. The largest absolute Gasteiger partial charge is 0.489 e. The van der Waals surface area contributed by atoms with Crippen molar-refractivity contribution in [1.82, 2.24) is 24.8 Å². The van der Waals surface area contributed by atoms with Crippen LogP contribution in [0.4, 0.5) is 5.95 Å². The molecular weight excluding hydrogens is 356 g/mol. The molecule has 1 aliphatic heterocycles. The van der Waals surface area contributed by atoms with Gasteiger partial charge in [-0.05, 0) is 57.1 Å². The van der Waals surface area contributed by atoms with Crippen LogP contribution in [0.1, 0.15) is 24.2 Å². The molecule has 3 N–H and O–H groups in total. The summed E-state index contributed by atoms with van der Waals surface area (Å²) in [7, 11) is 0. The highest BCUT2D eigenvalue weighted by molar-refractivity contribution is 5.74. The zero-order valence-electron chi connectivity index (χ0n) is 16.1. The molecule has 8 heteroatoms. The zero-order chi connectivity index (χ0) is 19.3. The number of imidazole rings is 1. The van der Waals surface area contributed by atoms with E-state index in [2.05, 4.69) is 25.2 Å². The summed E-state index contributed by atoms with van der Waals surface area (Å²) in [6.07, 6.45) is 3.90. The fourth-order valence-corrected chi connectivity index (χ4v) is 3.52. The lowest BCUT2D eigenvalue weighted by atomic mass is 10.1. The Bertz CT molecular complexity index is 936. The molecule has 148 valence electrons. The summed E-state index contributed by atoms with van der Waals surface area (Å²) in [6.45, 7) is 4.66. The standard InChI is InChI=1S/C20H26N6O2/c1-14-4-5-18(28-12-11-27)17(23-14)13-26-19-16(3-2-8-22-19)25-20(26)24-15-6-9-21-10-7-15/h2-5,8,15,21,27H,6-7,9-13H2,1H3,(H,24,25). The molecule has 0 atom stereocenters. The number of pyridine rings is 2. The van der Waals surface area contributed by atoms with Crippen LogP contribution in [0.15, 0.2) is 30.5 Å². The van der Waals surface area contributed by atoms with Gasteiger partial charge in [-0.3, -0.25) is 9.55 Å². The van der Waals surface area contributed by atoms with E-state index in [-0.39, 0.29) is 13.2 Å². The number of aryl methyl sites for hydroxylation is 1. The molecule has 8 nitrogen and oxygen atoms in total. The van der Waals surface area contributed by atoms with Crippen LogP contribution in [0.5, 0.6) is 5.75 Å². The molecule has 3 aromatic rings. The number of hydrogen-bond donors (Lipinski definition) is 3. The normalized spacial score (nSPS) is 15.1. The maximum Gasteiger partial charge on any atom is 0.205 e. The highest BCUT2D eigenvalue weighted by Gasteiger charge is 2.19. The van der Waals surface area contributed by atoms with Crippen LogP contribution in [0.3, 0.4) is 0 Å². The third-order valence-electron chi connectivity index (χ3n) is 4.90. The van der Waals surface area contributed by atoms with E-state index in [9.17, 15) is 0 Å². The lowest BCUT2D eigenvalue weighted by Gasteiger charge is -2.24. The number of aromatic nitrogens is 4. The minimum Gasteiger partial charge on any atom is -0.489 e. The van der Waals surface area contributed by atoms with Crippen molar-refractivity contribution in [3.05, 3.63) is 41.9 Å². The monoisotopic (exact) mass is 382 g/mol. The molecule has 0 spiro atoms. The number of aliphatic hydroxyl groups is 1. The van der Waals surface area contributed by atoms with E-state index in [4.69, 9.17) is 14.8 Å². The summed E-state index contributed by atoms with van der Waals surface area (Å²) in [4.78, 5) is 14.0. The Labute approximate surface area is 164 Å². The van der Waals surface area contributed by atoms with Crippen molar-refractivity contribution >= 4 is 17.1 Å². The molecule has 4 heterocycles. The van der Waals surface area contributed by atoms with Gasteiger partial charge in [0, 0.05) is 17.9 Å². The first-order valence-electron chi connectivity index (χ1n) is 9.73. The number of aliphatic hydroxyl groups excluding tert-OH is 1. The molecule has 4 rings (SSSR count). The number of nitrogens with zero attached hydrogens (tertiary/aromatic N) is 4. The second kappa shape index (κ2) is 8.53. The van der Waals surface area contributed by atoms with Crippen LogP contribution in [-0.4, -0.2) is 57.0 Å². The number of ether oxygens (including phenoxy) is 1. The molecule has 0 aliphatic carbocycles. The molecule has 1 aliphatic rings. The molecular formula is C20H26N6O2. The second-order valence-electron chi connectivity index (χ2n) is 7.01. The summed E-state index contributed by atoms with van der Waals surface area (Å²) >= 11 is 0. The number of anilines is 1. The predicted octanol–water partition coefficient (Wildman–Crippen LogP) is 1.72. The summed E-state index contributed by atoms with van der Waals surface area (Å²) in [5.74, 6) is 1.47. The van der Waals surface area contributed by atoms with E-state index < -0.39 is 0 Å². The number of hydrogen-bond acceptors (Lipinski definition) is 7. The lowest BCUT2D eigenvalue weighted by Crippen LogP contribution is -2.36. The summed E-state index contributed by atoms with van der Waals surface area (Å²) in [6, 6.07) is 8.06. The number of rotatable bonds is 7. The van der Waals surface area contributed by atoms with Gasteiger partial charge in [0.05, 0.1) is 13.2 Å². The minimum atomic E-state index is -0.0363. The lowest BCUT2D eigenvalue weighted by molar-refractivity contribution is 0.199. The fraction of sp³-hybridized carbons (Fsp3) is 0.450. The van der Waals surface area contributed by atoms with E-state index in [0.717, 1.165) is 54.4 Å². The van der Waals surface area contributed by atoms with Crippen molar-refractivity contribution in [3.63, 3.8) is 0 Å². The van der Waals surface area contributed by atoms with Crippen molar-refractivity contribution in [2.45, 2.75) is 32.4 Å². The first-order valence-corrected chi connectivity index (χ1v) is 9.73. The van der Waals surface area contributed by atoms with Gasteiger partial charge in [-0.1, -0.05) is 0 Å². The Morgan fingerprint density at radius 1 is 1.25 bits per heavy atom. The summed E-state index contributed by atoms with van der Waals surface area (Å²) in [5.41, 5.74) is 3.38. The molecule has 0 radical (unpaired) electrons. The summed E-state index contributed by atoms with van der Waals surface area (Å²) < 4.78 is 7.76. The summed E-state index contributed by atoms with van der Waals surface area (Å²) in [5, 5.41) is 16.1. The Morgan fingerprint density at radius 2 is 2.11 bits per heavy atom. The third-order valence-corrected chi connectivity index (χ3v) is 4.90. The molecule has 0 aromatic carbocycles. The van der Waals surface area contributed by atoms with E-state index in [1.807, 2.05) is 31.2 Å². The van der Waals surface area contributed by atoms with Crippen LogP contribution >= 0.6 is 0 Å². The first-order chi connectivity index (χ1) is 13.7. The van der Waals surface area contributed by atoms with E-state index >= 15 is 0 Å². The van der Waals surface area contributed by atoms with Gasteiger partial charge in [0.25, 0.3) is 0 Å². The molecule has 3 aromatic heterocycles. The van der Waals surface area contributed by atoms with Gasteiger partial charge in [0.1, 0.15) is 23.6 Å². The molecule has 0 bridgehead atoms. The molecule has 0 unspecified atom stereocenters. The van der Waals surface area contributed by atoms with Crippen molar-refractivity contribution in [2.24, 2.45) is 0 Å². The smallest absolute Gasteiger partial charge is 0.205 e.